The molecule has 0 radical (unpaired) electrons. The molecule has 1 amide bonds. The molecule has 0 aromatic heterocycles. The predicted octanol–water partition coefficient (Wildman–Crippen LogP) is 2.11. The van der Waals surface area contributed by atoms with Gasteiger partial charge in [0.15, 0.2) is 5.96 Å². The Balaban J connectivity index is 1.43. The van der Waals surface area contributed by atoms with Gasteiger partial charge in [-0.15, -0.1) is 0 Å². The third-order valence-electron chi connectivity index (χ3n) is 5.27. The zero-order chi connectivity index (χ0) is 20.9. The quantitative estimate of drug-likeness (QED) is 0.556. The SMILES string of the molecule is CN=C(NCc1ccc(CN2CCCC2=O)cc1)NC1CCN(CC(F)(F)F)C1. The summed E-state index contributed by atoms with van der Waals surface area (Å²) < 4.78 is 37.5. The highest BCUT2D eigenvalue weighted by Gasteiger charge is 2.34. The van der Waals surface area contributed by atoms with Gasteiger partial charge in [-0.25, -0.2) is 0 Å². The van der Waals surface area contributed by atoms with Crippen molar-refractivity contribution in [3.8, 4) is 0 Å². The topological polar surface area (TPSA) is 60.0 Å². The molecule has 2 saturated heterocycles. The molecule has 0 bridgehead atoms. The summed E-state index contributed by atoms with van der Waals surface area (Å²) in [7, 11) is 1.65. The molecule has 3 rings (SSSR count). The van der Waals surface area contributed by atoms with Gasteiger partial charge in [0.2, 0.25) is 5.91 Å². The Morgan fingerprint density at radius 2 is 1.93 bits per heavy atom. The van der Waals surface area contributed by atoms with Crippen LogP contribution in [0.3, 0.4) is 0 Å². The Kier molecular flexibility index (Phi) is 7.00. The summed E-state index contributed by atoms with van der Waals surface area (Å²) in [5.41, 5.74) is 2.16. The number of alkyl halides is 3. The molecule has 1 atom stereocenters. The highest BCUT2D eigenvalue weighted by Crippen LogP contribution is 2.20. The number of amides is 1. The molecule has 1 aromatic carbocycles. The first-order chi connectivity index (χ1) is 13.8. The Morgan fingerprint density at radius 1 is 1.21 bits per heavy atom. The average Bonchev–Trinajstić information content (AvgIpc) is 3.27. The summed E-state index contributed by atoms with van der Waals surface area (Å²) in [6.45, 7) is 1.94. The van der Waals surface area contributed by atoms with Crippen molar-refractivity contribution in [2.75, 3.05) is 33.2 Å². The minimum atomic E-state index is -4.16. The highest BCUT2D eigenvalue weighted by molar-refractivity contribution is 5.80. The van der Waals surface area contributed by atoms with Crippen LogP contribution in [0.15, 0.2) is 29.3 Å². The number of nitrogens with one attached hydrogen (secondary N) is 2. The summed E-state index contributed by atoms with van der Waals surface area (Å²) in [5.74, 6) is 0.793. The predicted molar refractivity (Wildman–Crippen MR) is 105 cm³/mol. The van der Waals surface area contributed by atoms with E-state index in [0.29, 0.717) is 45.0 Å². The smallest absolute Gasteiger partial charge is 0.352 e. The Hall–Kier alpha value is -2.29. The van der Waals surface area contributed by atoms with Gasteiger partial charge >= 0.3 is 6.18 Å². The van der Waals surface area contributed by atoms with Crippen molar-refractivity contribution in [1.82, 2.24) is 20.4 Å². The van der Waals surface area contributed by atoms with Gasteiger partial charge in [0.1, 0.15) is 0 Å². The molecule has 9 heteroatoms. The van der Waals surface area contributed by atoms with E-state index < -0.39 is 12.7 Å². The Morgan fingerprint density at radius 3 is 2.55 bits per heavy atom. The van der Waals surface area contributed by atoms with Crippen LogP contribution in [0.5, 0.6) is 0 Å². The molecular weight excluding hydrogens is 383 g/mol. The molecule has 160 valence electrons. The third kappa shape index (κ3) is 6.62. The number of halogens is 3. The van der Waals surface area contributed by atoms with E-state index in [4.69, 9.17) is 0 Å². The van der Waals surface area contributed by atoms with E-state index in [-0.39, 0.29) is 11.9 Å². The molecule has 6 nitrogen and oxygen atoms in total. The summed E-state index contributed by atoms with van der Waals surface area (Å²) >= 11 is 0. The summed E-state index contributed by atoms with van der Waals surface area (Å²) in [6.07, 6.45) is -1.94. The van der Waals surface area contributed by atoms with Gasteiger partial charge in [-0.1, -0.05) is 24.3 Å². The molecule has 2 aliphatic heterocycles. The fourth-order valence-electron chi connectivity index (χ4n) is 3.78. The number of carbonyl (C=O) groups excluding carboxylic acids is 1. The largest absolute Gasteiger partial charge is 0.401 e. The van der Waals surface area contributed by atoms with E-state index in [9.17, 15) is 18.0 Å². The standard InChI is InChI=1S/C20H28F3N5O/c1-24-19(26-17-8-10-27(13-17)14-20(21,22)23)25-11-15-4-6-16(7-5-15)12-28-9-2-3-18(28)29/h4-7,17H,2-3,8-14H2,1H3,(H2,24,25,26). The van der Waals surface area contributed by atoms with Crippen molar-refractivity contribution in [3.63, 3.8) is 0 Å². The fourth-order valence-corrected chi connectivity index (χ4v) is 3.78. The molecule has 0 aliphatic carbocycles. The van der Waals surface area contributed by atoms with Gasteiger partial charge in [0, 0.05) is 52.2 Å². The molecule has 29 heavy (non-hydrogen) atoms. The van der Waals surface area contributed by atoms with Crippen molar-refractivity contribution < 1.29 is 18.0 Å². The van der Waals surface area contributed by atoms with E-state index >= 15 is 0 Å². The lowest BCUT2D eigenvalue weighted by Gasteiger charge is -2.20. The van der Waals surface area contributed by atoms with E-state index in [1.165, 1.54) is 4.90 Å². The first-order valence-corrected chi connectivity index (χ1v) is 9.94. The number of guanidine groups is 1. The van der Waals surface area contributed by atoms with Crippen LogP contribution in [0.4, 0.5) is 13.2 Å². The number of likely N-dealkylation sites (tertiary alicyclic amines) is 2. The lowest BCUT2D eigenvalue weighted by molar-refractivity contribution is -0.143. The van der Waals surface area contributed by atoms with Gasteiger partial charge in [0.05, 0.1) is 6.54 Å². The van der Waals surface area contributed by atoms with E-state index in [0.717, 1.165) is 24.1 Å². The van der Waals surface area contributed by atoms with Crippen LogP contribution in [-0.2, 0) is 17.9 Å². The molecule has 2 heterocycles. The second-order valence-corrected chi connectivity index (χ2v) is 7.64. The normalized spacial score (nSPS) is 21.1. The van der Waals surface area contributed by atoms with Gasteiger partial charge in [-0.3, -0.25) is 14.7 Å². The zero-order valence-corrected chi connectivity index (χ0v) is 16.6. The number of rotatable bonds is 6. The number of carbonyl (C=O) groups is 1. The highest BCUT2D eigenvalue weighted by atomic mass is 19.4. The fraction of sp³-hybridized carbons (Fsp3) is 0.600. The molecule has 0 saturated carbocycles. The van der Waals surface area contributed by atoms with E-state index in [1.807, 2.05) is 29.2 Å². The van der Waals surface area contributed by atoms with Gasteiger partial charge in [0.25, 0.3) is 0 Å². The van der Waals surface area contributed by atoms with Crippen LogP contribution in [-0.4, -0.2) is 67.1 Å². The average molecular weight is 411 g/mol. The number of aliphatic imine (C=N–C) groups is 1. The molecule has 2 aliphatic rings. The summed E-state index contributed by atoms with van der Waals surface area (Å²) in [6, 6.07) is 8.01. The van der Waals surface area contributed by atoms with Gasteiger partial charge in [-0.05, 0) is 24.0 Å². The second kappa shape index (κ2) is 9.47. The van der Waals surface area contributed by atoms with Crippen molar-refractivity contribution >= 4 is 11.9 Å². The van der Waals surface area contributed by atoms with Crippen LogP contribution >= 0.6 is 0 Å². The zero-order valence-electron chi connectivity index (χ0n) is 16.6. The lowest BCUT2D eigenvalue weighted by Crippen LogP contribution is -2.44. The molecular formula is C20H28F3N5O. The minimum absolute atomic E-state index is 0.0519. The first kappa shape index (κ1) is 21.4. The minimum Gasteiger partial charge on any atom is -0.352 e. The maximum Gasteiger partial charge on any atom is 0.401 e. The molecule has 1 aromatic rings. The number of hydrogen-bond acceptors (Lipinski definition) is 3. The van der Waals surface area contributed by atoms with Crippen LogP contribution < -0.4 is 10.6 Å². The van der Waals surface area contributed by atoms with Crippen molar-refractivity contribution in [2.45, 2.75) is 44.6 Å². The molecule has 2 fully saturated rings. The van der Waals surface area contributed by atoms with Crippen LogP contribution in [0.2, 0.25) is 0 Å². The van der Waals surface area contributed by atoms with Gasteiger partial charge < -0.3 is 15.5 Å². The van der Waals surface area contributed by atoms with Crippen molar-refractivity contribution in [1.29, 1.82) is 0 Å². The van der Waals surface area contributed by atoms with Crippen molar-refractivity contribution in [3.05, 3.63) is 35.4 Å². The Bertz CT molecular complexity index is 720. The van der Waals surface area contributed by atoms with E-state index in [2.05, 4.69) is 15.6 Å². The second-order valence-electron chi connectivity index (χ2n) is 7.64. The van der Waals surface area contributed by atoms with Gasteiger partial charge in [-0.2, -0.15) is 13.2 Å². The molecule has 1 unspecified atom stereocenters. The monoisotopic (exact) mass is 411 g/mol. The van der Waals surface area contributed by atoms with Crippen LogP contribution in [0.1, 0.15) is 30.4 Å². The maximum atomic E-state index is 12.5. The summed E-state index contributed by atoms with van der Waals surface area (Å²) in [4.78, 5) is 19.2. The lowest BCUT2D eigenvalue weighted by atomic mass is 10.1. The third-order valence-corrected chi connectivity index (χ3v) is 5.27. The Labute approximate surface area is 169 Å². The first-order valence-electron chi connectivity index (χ1n) is 9.94. The molecule has 2 N–H and O–H groups in total. The van der Waals surface area contributed by atoms with E-state index in [1.54, 1.807) is 7.05 Å². The molecule has 0 spiro atoms. The van der Waals surface area contributed by atoms with Crippen molar-refractivity contribution in [2.24, 2.45) is 4.99 Å². The number of benzene rings is 1. The number of hydrogen-bond donors (Lipinski definition) is 2. The van der Waals surface area contributed by atoms with Crippen LogP contribution in [0, 0.1) is 0 Å². The van der Waals surface area contributed by atoms with Crippen LogP contribution in [0.25, 0.3) is 0 Å². The number of nitrogens with zero attached hydrogens (tertiary/aromatic N) is 3. The maximum absolute atomic E-state index is 12.5. The summed E-state index contributed by atoms with van der Waals surface area (Å²) in [5, 5.41) is 6.41.